The Balaban J connectivity index is 1.68. The first-order valence-electron chi connectivity index (χ1n) is 7.54. The van der Waals surface area contributed by atoms with Gasteiger partial charge in [0, 0.05) is 25.2 Å². The Morgan fingerprint density at radius 3 is 2.86 bits per heavy atom. The third-order valence-electron chi connectivity index (χ3n) is 4.18. The fourth-order valence-corrected chi connectivity index (χ4v) is 2.84. The molecule has 0 spiro atoms. The largest absolute Gasteiger partial charge is 0.326 e. The molecule has 1 aliphatic rings. The van der Waals surface area contributed by atoms with Gasteiger partial charge in [-0.25, -0.2) is 0 Å². The van der Waals surface area contributed by atoms with Crippen molar-refractivity contribution >= 4 is 6.01 Å². The van der Waals surface area contributed by atoms with Crippen molar-refractivity contribution in [3.63, 3.8) is 0 Å². The van der Waals surface area contributed by atoms with E-state index in [2.05, 4.69) is 27.0 Å². The standard InChI is InChI=1S/C16H22N4O/c1-19-11-7-6-10-14(19)12-20(2)16-17-15(18-21-16)13-8-4-3-5-9-13/h3-5,8-9,14H,6-7,10-12H2,1-2H3. The second kappa shape index (κ2) is 6.26. The van der Waals surface area contributed by atoms with Gasteiger partial charge in [0.1, 0.15) is 0 Å². The van der Waals surface area contributed by atoms with Crippen molar-refractivity contribution in [2.75, 3.05) is 32.1 Å². The third-order valence-corrected chi connectivity index (χ3v) is 4.18. The lowest BCUT2D eigenvalue weighted by molar-refractivity contribution is 0.188. The van der Waals surface area contributed by atoms with E-state index in [-0.39, 0.29) is 0 Å². The van der Waals surface area contributed by atoms with Gasteiger partial charge in [-0.3, -0.25) is 0 Å². The number of hydrogen-bond donors (Lipinski definition) is 0. The zero-order valence-corrected chi connectivity index (χ0v) is 12.7. The average molecular weight is 286 g/mol. The minimum absolute atomic E-state index is 0.566. The number of aromatic nitrogens is 2. The molecule has 1 atom stereocenters. The minimum Gasteiger partial charge on any atom is -0.326 e. The fraction of sp³-hybridized carbons (Fsp3) is 0.500. The van der Waals surface area contributed by atoms with E-state index in [1.54, 1.807) is 0 Å². The van der Waals surface area contributed by atoms with Crippen LogP contribution in [0.5, 0.6) is 0 Å². The molecule has 1 aliphatic heterocycles. The molecule has 2 aromatic rings. The Kier molecular flexibility index (Phi) is 4.20. The smallest absolute Gasteiger partial charge is 0.324 e. The summed E-state index contributed by atoms with van der Waals surface area (Å²) in [5, 5.41) is 4.08. The lowest BCUT2D eigenvalue weighted by Crippen LogP contribution is -2.43. The van der Waals surface area contributed by atoms with E-state index < -0.39 is 0 Å². The normalized spacial score (nSPS) is 19.6. The monoisotopic (exact) mass is 286 g/mol. The van der Waals surface area contributed by atoms with Crippen molar-refractivity contribution < 1.29 is 4.52 Å². The molecule has 0 aliphatic carbocycles. The maximum atomic E-state index is 5.40. The summed E-state index contributed by atoms with van der Waals surface area (Å²) in [4.78, 5) is 8.99. The van der Waals surface area contributed by atoms with Crippen LogP contribution in [0.1, 0.15) is 19.3 Å². The number of rotatable bonds is 4. The van der Waals surface area contributed by atoms with E-state index in [9.17, 15) is 0 Å². The van der Waals surface area contributed by atoms with Gasteiger partial charge in [0.25, 0.3) is 0 Å². The molecule has 0 bridgehead atoms. The van der Waals surface area contributed by atoms with Crippen LogP contribution < -0.4 is 4.90 Å². The van der Waals surface area contributed by atoms with Crippen LogP contribution in [0.15, 0.2) is 34.9 Å². The Morgan fingerprint density at radius 2 is 2.10 bits per heavy atom. The second-order valence-electron chi connectivity index (χ2n) is 5.78. The SMILES string of the molecule is CN(CC1CCCCN1C)c1nc(-c2ccccc2)no1. The summed E-state index contributed by atoms with van der Waals surface area (Å²) in [6, 6.07) is 11.1. The Bertz CT molecular complexity index is 569. The van der Waals surface area contributed by atoms with Crippen LogP contribution in [0, 0.1) is 0 Å². The van der Waals surface area contributed by atoms with E-state index in [1.165, 1.54) is 25.8 Å². The molecule has 112 valence electrons. The highest BCUT2D eigenvalue weighted by Crippen LogP contribution is 2.21. The molecule has 5 heteroatoms. The first kappa shape index (κ1) is 14.1. The van der Waals surface area contributed by atoms with Gasteiger partial charge in [-0.15, -0.1) is 0 Å². The quantitative estimate of drug-likeness (QED) is 0.864. The van der Waals surface area contributed by atoms with Gasteiger partial charge in [-0.2, -0.15) is 4.98 Å². The number of piperidine rings is 1. The number of likely N-dealkylation sites (N-methyl/N-ethyl adjacent to an activating group) is 2. The summed E-state index contributed by atoms with van der Waals surface area (Å²) in [5.74, 6) is 0.648. The Labute approximate surface area is 125 Å². The molecule has 1 saturated heterocycles. The van der Waals surface area contributed by atoms with Gasteiger partial charge < -0.3 is 14.3 Å². The van der Waals surface area contributed by atoms with E-state index in [1.807, 2.05) is 37.4 Å². The summed E-state index contributed by atoms with van der Waals surface area (Å²) in [7, 11) is 4.21. The van der Waals surface area contributed by atoms with Crippen molar-refractivity contribution in [2.45, 2.75) is 25.3 Å². The molecule has 3 rings (SSSR count). The summed E-state index contributed by atoms with van der Waals surface area (Å²) in [6.07, 6.45) is 3.85. The minimum atomic E-state index is 0.566. The van der Waals surface area contributed by atoms with Crippen LogP contribution >= 0.6 is 0 Å². The lowest BCUT2D eigenvalue weighted by atomic mass is 10.0. The van der Waals surface area contributed by atoms with Crippen LogP contribution in [0.2, 0.25) is 0 Å². The van der Waals surface area contributed by atoms with Crippen LogP contribution in [0.3, 0.4) is 0 Å². The van der Waals surface area contributed by atoms with Crippen LogP contribution in [-0.4, -0.2) is 48.3 Å². The maximum absolute atomic E-state index is 5.40. The molecule has 0 saturated carbocycles. The van der Waals surface area contributed by atoms with E-state index in [4.69, 9.17) is 4.52 Å². The molecule has 0 amide bonds. The van der Waals surface area contributed by atoms with Crippen molar-refractivity contribution in [1.82, 2.24) is 15.0 Å². The van der Waals surface area contributed by atoms with Gasteiger partial charge in [-0.1, -0.05) is 41.9 Å². The molecule has 0 N–H and O–H groups in total. The Hall–Kier alpha value is -1.88. The molecular formula is C16H22N4O. The predicted molar refractivity (Wildman–Crippen MR) is 83.3 cm³/mol. The van der Waals surface area contributed by atoms with E-state index >= 15 is 0 Å². The van der Waals surface area contributed by atoms with Gasteiger partial charge in [-0.05, 0) is 26.4 Å². The highest BCUT2D eigenvalue weighted by Gasteiger charge is 2.22. The molecule has 1 aromatic heterocycles. The van der Waals surface area contributed by atoms with Crippen LogP contribution in [0.25, 0.3) is 11.4 Å². The van der Waals surface area contributed by atoms with Crippen molar-refractivity contribution in [2.24, 2.45) is 0 Å². The van der Waals surface area contributed by atoms with Gasteiger partial charge in [0.2, 0.25) is 5.82 Å². The highest BCUT2D eigenvalue weighted by atomic mass is 16.5. The topological polar surface area (TPSA) is 45.4 Å². The molecule has 1 aromatic carbocycles. The number of nitrogens with zero attached hydrogens (tertiary/aromatic N) is 4. The second-order valence-corrected chi connectivity index (χ2v) is 5.78. The maximum Gasteiger partial charge on any atom is 0.324 e. The zero-order valence-electron chi connectivity index (χ0n) is 12.7. The average Bonchev–Trinajstić information content (AvgIpc) is 3.00. The highest BCUT2D eigenvalue weighted by molar-refractivity contribution is 5.55. The Morgan fingerprint density at radius 1 is 1.29 bits per heavy atom. The fourth-order valence-electron chi connectivity index (χ4n) is 2.84. The summed E-state index contributed by atoms with van der Waals surface area (Å²) in [5.41, 5.74) is 0.982. The summed E-state index contributed by atoms with van der Waals surface area (Å²) in [6.45, 7) is 2.10. The third kappa shape index (κ3) is 3.24. The lowest BCUT2D eigenvalue weighted by Gasteiger charge is -2.34. The van der Waals surface area contributed by atoms with Gasteiger partial charge in [0.15, 0.2) is 0 Å². The summed E-state index contributed by atoms with van der Waals surface area (Å²) >= 11 is 0. The molecule has 5 nitrogen and oxygen atoms in total. The van der Waals surface area contributed by atoms with E-state index in [0.717, 1.165) is 12.1 Å². The molecule has 2 heterocycles. The molecular weight excluding hydrogens is 264 g/mol. The zero-order chi connectivity index (χ0) is 14.7. The number of likely N-dealkylation sites (tertiary alicyclic amines) is 1. The molecule has 21 heavy (non-hydrogen) atoms. The van der Waals surface area contributed by atoms with E-state index in [0.29, 0.717) is 17.9 Å². The first-order valence-corrected chi connectivity index (χ1v) is 7.54. The van der Waals surface area contributed by atoms with Crippen molar-refractivity contribution in [3.05, 3.63) is 30.3 Å². The number of benzene rings is 1. The molecule has 0 radical (unpaired) electrons. The predicted octanol–water partition coefficient (Wildman–Crippen LogP) is 2.66. The summed E-state index contributed by atoms with van der Waals surface area (Å²) < 4.78 is 5.40. The number of anilines is 1. The van der Waals surface area contributed by atoms with Crippen molar-refractivity contribution in [3.8, 4) is 11.4 Å². The molecule has 1 unspecified atom stereocenters. The van der Waals surface area contributed by atoms with Gasteiger partial charge in [0.05, 0.1) is 0 Å². The van der Waals surface area contributed by atoms with Gasteiger partial charge >= 0.3 is 6.01 Å². The number of hydrogen-bond acceptors (Lipinski definition) is 5. The van der Waals surface area contributed by atoms with Crippen LogP contribution in [-0.2, 0) is 0 Å². The molecule has 1 fully saturated rings. The van der Waals surface area contributed by atoms with Crippen molar-refractivity contribution in [1.29, 1.82) is 0 Å². The first-order chi connectivity index (χ1) is 10.2. The van der Waals surface area contributed by atoms with Crippen LogP contribution in [0.4, 0.5) is 6.01 Å².